The molecule has 1 aromatic heterocycles. The minimum atomic E-state index is -0.354. The second kappa shape index (κ2) is 8.70. The number of carbonyl (C=O) groups excluding carboxylic acids is 1. The summed E-state index contributed by atoms with van der Waals surface area (Å²) < 4.78 is 7.47. The van der Waals surface area contributed by atoms with Crippen LogP contribution in [0.4, 0.5) is 0 Å². The highest BCUT2D eigenvalue weighted by atomic mass is 16.5. The highest BCUT2D eigenvalue weighted by Crippen LogP contribution is 2.37. The maximum atomic E-state index is 12.9. The van der Waals surface area contributed by atoms with Crippen molar-refractivity contribution in [1.82, 2.24) is 9.47 Å². The van der Waals surface area contributed by atoms with Gasteiger partial charge in [-0.15, -0.1) is 0 Å². The number of hydrogen-bond acceptors (Lipinski definition) is 4. The van der Waals surface area contributed by atoms with Crippen LogP contribution >= 0.6 is 0 Å². The number of ether oxygens (including phenoxy) is 1. The lowest BCUT2D eigenvalue weighted by molar-refractivity contribution is 0.0527. The van der Waals surface area contributed by atoms with E-state index in [-0.39, 0.29) is 11.7 Å². The monoisotopic (exact) mass is 394 g/mol. The first-order chi connectivity index (χ1) is 13.9. The normalized spacial score (nSPS) is 11.4. The third-order valence-corrected chi connectivity index (χ3v) is 5.50. The summed E-state index contributed by atoms with van der Waals surface area (Å²) in [6, 6.07) is 11.8. The molecule has 3 rings (SSSR count). The van der Waals surface area contributed by atoms with Gasteiger partial charge in [0, 0.05) is 28.9 Å². The molecular weight excluding hydrogens is 364 g/mol. The number of aromatic nitrogens is 1. The van der Waals surface area contributed by atoms with Crippen molar-refractivity contribution >= 4 is 16.9 Å². The van der Waals surface area contributed by atoms with Gasteiger partial charge in [-0.3, -0.25) is 4.90 Å². The molecule has 5 heteroatoms. The lowest BCUT2D eigenvalue weighted by Crippen LogP contribution is -2.22. The average molecular weight is 395 g/mol. The highest BCUT2D eigenvalue weighted by molar-refractivity contribution is 6.08. The zero-order chi connectivity index (χ0) is 21.1. The molecule has 0 aliphatic carbocycles. The second-order valence-electron chi connectivity index (χ2n) is 7.27. The first-order valence-electron chi connectivity index (χ1n) is 10.2. The Hall–Kier alpha value is -2.79. The van der Waals surface area contributed by atoms with E-state index in [1.165, 1.54) is 5.56 Å². The van der Waals surface area contributed by atoms with Crippen molar-refractivity contribution in [2.75, 3.05) is 19.7 Å². The minimum absolute atomic E-state index is 0.205. The van der Waals surface area contributed by atoms with Gasteiger partial charge < -0.3 is 14.4 Å². The van der Waals surface area contributed by atoms with Gasteiger partial charge in [-0.25, -0.2) is 4.79 Å². The van der Waals surface area contributed by atoms with Crippen LogP contribution in [0.25, 0.3) is 16.6 Å². The summed E-state index contributed by atoms with van der Waals surface area (Å²) in [5.74, 6) is -0.150. The van der Waals surface area contributed by atoms with E-state index in [0.717, 1.165) is 40.9 Å². The number of phenolic OH excluding ortho intramolecular Hbond substituents is 1. The van der Waals surface area contributed by atoms with Crippen molar-refractivity contribution < 1.29 is 14.6 Å². The van der Waals surface area contributed by atoms with Crippen LogP contribution < -0.4 is 0 Å². The number of aryl methyl sites for hydroxylation is 1. The maximum absolute atomic E-state index is 12.9. The first-order valence-corrected chi connectivity index (χ1v) is 10.2. The number of benzene rings is 2. The van der Waals surface area contributed by atoms with E-state index in [4.69, 9.17) is 4.74 Å². The first kappa shape index (κ1) is 20.9. The molecule has 1 N–H and O–H groups in total. The molecule has 0 amide bonds. The molecule has 5 nitrogen and oxygen atoms in total. The molecule has 1 heterocycles. The molecule has 2 aromatic carbocycles. The average Bonchev–Trinajstić information content (AvgIpc) is 3.00. The van der Waals surface area contributed by atoms with E-state index < -0.39 is 0 Å². The Kier molecular flexibility index (Phi) is 6.28. The summed E-state index contributed by atoms with van der Waals surface area (Å²) in [4.78, 5) is 15.2. The fourth-order valence-electron chi connectivity index (χ4n) is 3.87. The third-order valence-electron chi connectivity index (χ3n) is 5.50. The van der Waals surface area contributed by atoms with E-state index >= 15 is 0 Å². The fourth-order valence-corrected chi connectivity index (χ4v) is 3.87. The van der Waals surface area contributed by atoms with Crippen LogP contribution in [-0.4, -0.2) is 40.2 Å². The molecule has 0 bridgehead atoms. The number of fused-ring (bicyclic) bond motifs is 1. The van der Waals surface area contributed by atoms with Crippen LogP contribution in [0.3, 0.4) is 0 Å². The molecule has 0 saturated heterocycles. The molecule has 0 fully saturated rings. The minimum Gasteiger partial charge on any atom is -0.508 e. The summed E-state index contributed by atoms with van der Waals surface area (Å²) in [5.41, 5.74) is 5.16. The summed E-state index contributed by atoms with van der Waals surface area (Å²) >= 11 is 0. The van der Waals surface area contributed by atoms with Crippen molar-refractivity contribution in [2.45, 2.75) is 41.2 Å². The molecule has 29 heavy (non-hydrogen) atoms. The Balaban J connectivity index is 2.35. The topological polar surface area (TPSA) is 54.7 Å². The van der Waals surface area contributed by atoms with Crippen molar-refractivity contribution in [1.29, 1.82) is 0 Å². The van der Waals surface area contributed by atoms with Crippen molar-refractivity contribution in [3.8, 4) is 11.4 Å². The van der Waals surface area contributed by atoms with Crippen LogP contribution in [0.15, 0.2) is 36.4 Å². The lowest BCUT2D eigenvalue weighted by atomic mass is 10.0. The Bertz CT molecular complexity index is 1020. The van der Waals surface area contributed by atoms with Gasteiger partial charge in [0.15, 0.2) is 0 Å². The Morgan fingerprint density at radius 2 is 1.69 bits per heavy atom. The van der Waals surface area contributed by atoms with E-state index in [1.807, 2.05) is 25.1 Å². The molecule has 154 valence electrons. The van der Waals surface area contributed by atoms with Crippen molar-refractivity contribution in [3.05, 3.63) is 58.8 Å². The van der Waals surface area contributed by atoms with Crippen LogP contribution in [0.1, 0.15) is 48.0 Å². The maximum Gasteiger partial charge on any atom is 0.340 e. The van der Waals surface area contributed by atoms with Gasteiger partial charge >= 0.3 is 5.97 Å². The fraction of sp³-hybridized carbons (Fsp3) is 0.375. The third kappa shape index (κ3) is 3.87. The number of nitrogens with zero attached hydrogens (tertiary/aromatic N) is 2. The number of hydrogen-bond donors (Lipinski definition) is 1. The summed E-state index contributed by atoms with van der Waals surface area (Å²) in [7, 11) is 0. The number of phenols is 1. The molecule has 0 aliphatic rings. The molecular formula is C24H30N2O3. The Labute approximate surface area is 172 Å². The summed E-state index contributed by atoms with van der Waals surface area (Å²) in [6.45, 7) is 12.6. The van der Waals surface area contributed by atoms with Gasteiger partial charge in [-0.05, 0) is 58.1 Å². The van der Waals surface area contributed by atoms with E-state index in [0.29, 0.717) is 18.7 Å². The molecule has 0 atom stereocenters. The molecule has 0 radical (unpaired) electrons. The van der Waals surface area contributed by atoms with Crippen molar-refractivity contribution in [3.63, 3.8) is 0 Å². The van der Waals surface area contributed by atoms with Gasteiger partial charge in [-0.2, -0.15) is 0 Å². The van der Waals surface area contributed by atoms with E-state index in [1.54, 1.807) is 13.0 Å². The standard InChI is InChI=1S/C24H30N2O3/c1-6-25(7-2)15-19-21(27)14-13-20-23(19)22(24(28)29-8-3)17(5)26(20)18-11-9-16(4)10-12-18/h9-14,27H,6-8,15H2,1-5H3. The number of carbonyl (C=O) groups is 1. The zero-order valence-corrected chi connectivity index (χ0v) is 18.0. The van der Waals surface area contributed by atoms with Crippen LogP contribution in [-0.2, 0) is 11.3 Å². The van der Waals surface area contributed by atoms with Gasteiger partial charge in [0.25, 0.3) is 0 Å². The molecule has 0 unspecified atom stereocenters. The summed E-state index contributed by atoms with van der Waals surface area (Å²) in [6.07, 6.45) is 0. The Morgan fingerprint density at radius 1 is 1.03 bits per heavy atom. The van der Waals surface area contributed by atoms with Gasteiger partial charge in [0.1, 0.15) is 5.75 Å². The highest BCUT2D eigenvalue weighted by Gasteiger charge is 2.26. The van der Waals surface area contributed by atoms with Crippen LogP contribution in [0, 0.1) is 13.8 Å². The number of rotatable bonds is 7. The van der Waals surface area contributed by atoms with Crippen LogP contribution in [0.5, 0.6) is 5.75 Å². The molecule has 0 saturated carbocycles. The Morgan fingerprint density at radius 3 is 2.28 bits per heavy atom. The number of esters is 1. The van der Waals surface area contributed by atoms with E-state index in [2.05, 4.69) is 42.4 Å². The van der Waals surface area contributed by atoms with Gasteiger partial charge in [0.05, 0.1) is 17.7 Å². The number of aromatic hydroxyl groups is 1. The predicted octanol–water partition coefficient (Wildman–Crippen LogP) is 4.97. The molecule has 0 spiro atoms. The smallest absolute Gasteiger partial charge is 0.340 e. The summed E-state index contributed by atoms with van der Waals surface area (Å²) in [5, 5.41) is 11.5. The van der Waals surface area contributed by atoms with Gasteiger partial charge in [-0.1, -0.05) is 31.5 Å². The SMILES string of the molecule is CCOC(=O)c1c(C)n(-c2ccc(C)cc2)c2ccc(O)c(CN(CC)CC)c12. The molecule has 3 aromatic rings. The molecule has 0 aliphatic heterocycles. The second-order valence-corrected chi connectivity index (χ2v) is 7.27. The van der Waals surface area contributed by atoms with Crippen molar-refractivity contribution in [2.24, 2.45) is 0 Å². The van der Waals surface area contributed by atoms with Gasteiger partial charge in [0.2, 0.25) is 0 Å². The zero-order valence-electron chi connectivity index (χ0n) is 18.0. The lowest BCUT2D eigenvalue weighted by Gasteiger charge is -2.20. The quantitative estimate of drug-likeness (QED) is 0.575. The largest absolute Gasteiger partial charge is 0.508 e. The van der Waals surface area contributed by atoms with E-state index in [9.17, 15) is 9.90 Å². The van der Waals surface area contributed by atoms with Crippen LogP contribution in [0.2, 0.25) is 0 Å². The predicted molar refractivity (Wildman–Crippen MR) is 117 cm³/mol.